The van der Waals surface area contributed by atoms with Gasteiger partial charge in [0, 0.05) is 11.8 Å². The third-order valence-corrected chi connectivity index (χ3v) is 4.22. The molecule has 1 heterocycles. The van der Waals surface area contributed by atoms with Gasteiger partial charge in [-0.1, -0.05) is 12.1 Å². The van der Waals surface area contributed by atoms with E-state index in [1.165, 1.54) is 5.56 Å². The first-order chi connectivity index (χ1) is 8.33. The van der Waals surface area contributed by atoms with Crippen molar-refractivity contribution in [1.29, 1.82) is 0 Å². The lowest BCUT2D eigenvalue weighted by Crippen LogP contribution is -2.32. The summed E-state index contributed by atoms with van der Waals surface area (Å²) < 4.78 is 10.4. The maximum atomic E-state index is 5.25. The number of hydrogen-bond acceptors (Lipinski definition) is 4. The van der Waals surface area contributed by atoms with E-state index in [4.69, 9.17) is 9.47 Å². The van der Waals surface area contributed by atoms with E-state index in [1.54, 1.807) is 7.11 Å². The van der Waals surface area contributed by atoms with E-state index >= 15 is 0 Å². The van der Waals surface area contributed by atoms with Crippen molar-refractivity contribution in [3.63, 3.8) is 0 Å². The number of benzene rings is 1. The predicted octanol–water partition coefficient (Wildman–Crippen LogP) is 2.09. The van der Waals surface area contributed by atoms with Gasteiger partial charge in [0.1, 0.15) is 5.75 Å². The van der Waals surface area contributed by atoms with Crippen molar-refractivity contribution < 1.29 is 9.47 Å². The summed E-state index contributed by atoms with van der Waals surface area (Å²) in [5.74, 6) is 1.98. The van der Waals surface area contributed by atoms with E-state index < -0.39 is 0 Å². The Balaban J connectivity index is 1.94. The Morgan fingerprint density at radius 2 is 2.35 bits per heavy atom. The van der Waals surface area contributed by atoms with Crippen LogP contribution in [0, 0.1) is 0 Å². The van der Waals surface area contributed by atoms with Gasteiger partial charge in [0.15, 0.2) is 0 Å². The van der Waals surface area contributed by atoms with Gasteiger partial charge in [0.2, 0.25) is 0 Å². The molecule has 1 fully saturated rings. The second kappa shape index (κ2) is 6.28. The molecule has 1 saturated heterocycles. The van der Waals surface area contributed by atoms with Gasteiger partial charge in [-0.05, 0) is 24.7 Å². The third kappa shape index (κ3) is 3.37. The fraction of sp³-hybridized carbons (Fsp3) is 0.538. The van der Waals surface area contributed by atoms with Crippen LogP contribution in [0.4, 0.5) is 0 Å². The van der Waals surface area contributed by atoms with E-state index in [2.05, 4.69) is 17.4 Å². The van der Waals surface area contributed by atoms with Crippen molar-refractivity contribution in [2.45, 2.75) is 11.3 Å². The molecule has 1 unspecified atom stereocenters. The fourth-order valence-electron chi connectivity index (χ4n) is 1.75. The van der Waals surface area contributed by atoms with Crippen LogP contribution >= 0.6 is 11.8 Å². The Kier molecular flexibility index (Phi) is 4.71. The van der Waals surface area contributed by atoms with Crippen molar-refractivity contribution in [1.82, 2.24) is 5.32 Å². The molecule has 0 saturated carbocycles. The van der Waals surface area contributed by atoms with Gasteiger partial charge >= 0.3 is 0 Å². The van der Waals surface area contributed by atoms with Crippen molar-refractivity contribution in [2.24, 2.45) is 0 Å². The first-order valence-corrected chi connectivity index (χ1v) is 6.89. The van der Waals surface area contributed by atoms with Crippen LogP contribution in [0.2, 0.25) is 0 Å². The first kappa shape index (κ1) is 12.7. The maximum absolute atomic E-state index is 5.25. The van der Waals surface area contributed by atoms with Crippen molar-refractivity contribution in [2.75, 3.05) is 33.1 Å². The standard InChI is InChI=1S/C13H19NO2S/c1-14-13(9-17-12-7-16-8-12)10-4-3-5-11(6-10)15-2/h3-6,12-14H,7-9H2,1-2H3. The Hall–Kier alpha value is -0.710. The highest BCUT2D eigenvalue weighted by molar-refractivity contribution is 8.00. The van der Waals surface area contributed by atoms with Crippen LogP contribution in [0.25, 0.3) is 0 Å². The quantitative estimate of drug-likeness (QED) is 0.841. The number of ether oxygens (including phenoxy) is 2. The minimum absolute atomic E-state index is 0.371. The Morgan fingerprint density at radius 1 is 1.53 bits per heavy atom. The molecule has 1 atom stereocenters. The molecule has 0 radical (unpaired) electrons. The zero-order chi connectivity index (χ0) is 12.1. The number of thioether (sulfide) groups is 1. The zero-order valence-electron chi connectivity index (χ0n) is 10.3. The zero-order valence-corrected chi connectivity index (χ0v) is 11.1. The molecule has 1 aromatic carbocycles. The molecule has 1 aliphatic heterocycles. The summed E-state index contributed by atoms with van der Waals surface area (Å²) in [6.07, 6.45) is 0. The van der Waals surface area contributed by atoms with E-state index in [0.717, 1.165) is 24.7 Å². The lowest BCUT2D eigenvalue weighted by atomic mass is 10.1. The Labute approximate surface area is 107 Å². The molecule has 0 spiro atoms. The smallest absolute Gasteiger partial charge is 0.119 e. The maximum Gasteiger partial charge on any atom is 0.119 e. The summed E-state index contributed by atoms with van der Waals surface area (Å²) in [6.45, 7) is 1.80. The van der Waals surface area contributed by atoms with Crippen LogP contribution in [0.3, 0.4) is 0 Å². The molecule has 2 rings (SSSR count). The predicted molar refractivity (Wildman–Crippen MR) is 71.9 cm³/mol. The van der Waals surface area contributed by atoms with Gasteiger partial charge in [0.25, 0.3) is 0 Å². The van der Waals surface area contributed by atoms with Crippen LogP contribution in [0.5, 0.6) is 5.75 Å². The van der Waals surface area contributed by atoms with Crippen LogP contribution in [-0.2, 0) is 4.74 Å². The molecular weight excluding hydrogens is 234 g/mol. The molecule has 1 aliphatic rings. The normalized spacial score (nSPS) is 17.5. The van der Waals surface area contributed by atoms with Crippen LogP contribution < -0.4 is 10.1 Å². The number of nitrogens with one attached hydrogen (secondary N) is 1. The molecule has 0 aromatic heterocycles. The number of methoxy groups -OCH3 is 1. The van der Waals surface area contributed by atoms with Gasteiger partial charge in [-0.25, -0.2) is 0 Å². The molecule has 94 valence electrons. The monoisotopic (exact) mass is 253 g/mol. The largest absolute Gasteiger partial charge is 0.497 e. The molecule has 0 aliphatic carbocycles. The number of hydrogen-bond donors (Lipinski definition) is 1. The second-order valence-corrected chi connectivity index (χ2v) is 5.44. The highest BCUT2D eigenvalue weighted by atomic mass is 32.2. The molecule has 17 heavy (non-hydrogen) atoms. The summed E-state index contributed by atoms with van der Waals surface area (Å²) in [5.41, 5.74) is 1.28. The minimum Gasteiger partial charge on any atom is -0.497 e. The fourth-order valence-corrected chi connectivity index (χ4v) is 2.96. The van der Waals surface area contributed by atoms with Crippen LogP contribution in [0.15, 0.2) is 24.3 Å². The molecule has 3 nitrogen and oxygen atoms in total. The van der Waals surface area contributed by atoms with Gasteiger partial charge in [-0.2, -0.15) is 11.8 Å². The minimum atomic E-state index is 0.371. The Morgan fingerprint density at radius 3 is 2.94 bits per heavy atom. The lowest BCUT2D eigenvalue weighted by molar-refractivity contribution is 0.0455. The van der Waals surface area contributed by atoms with Crippen LogP contribution in [-0.4, -0.2) is 38.4 Å². The van der Waals surface area contributed by atoms with E-state index in [1.807, 2.05) is 30.9 Å². The van der Waals surface area contributed by atoms with Crippen molar-refractivity contribution in [3.8, 4) is 5.75 Å². The van der Waals surface area contributed by atoms with Crippen molar-refractivity contribution >= 4 is 11.8 Å². The molecular formula is C13H19NO2S. The average molecular weight is 253 g/mol. The highest BCUT2D eigenvalue weighted by Crippen LogP contribution is 2.26. The van der Waals surface area contributed by atoms with E-state index in [-0.39, 0.29) is 0 Å². The van der Waals surface area contributed by atoms with Crippen LogP contribution in [0.1, 0.15) is 11.6 Å². The summed E-state index contributed by atoms with van der Waals surface area (Å²) in [4.78, 5) is 0. The summed E-state index contributed by atoms with van der Waals surface area (Å²) in [5, 5.41) is 4.03. The van der Waals surface area contributed by atoms with Gasteiger partial charge in [0.05, 0.1) is 25.6 Å². The first-order valence-electron chi connectivity index (χ1n) is 5.84. The van der Waals surface area contributed by atoms with E-state index in [0.29, 0.717) is 11.3 Å². The lowest BCUT2D eigenvalue weighted by Gasteiger charge is -2.27. The molecule has 0 bridgehead atoms. The average Bonchev–Trinajstić information content (AvgIpc) is 2.32. The summed E-state index contributed by atoms with van der Waals surface area (Å²) in [7, 11) is 3.70. The molecule has 4 heteroatoms. The molecule has 0 amide bonds. The van der Waals surface area contributed by atoms with Gasteiger partial charge in [-0.15, -0.1) is 0 Å². The second-order valence-electron chi connectivity index (χ2n) is 4.11. The van der Waals surface area contributed by atoms with Gasteiger partial charge in [-0.3, -0.25) is 0 Å². The van der Waals surface area contributed by atoms with E-state index in [9.17, 15) is 0 Å². The molecule has 1 N–H and O–H groups in total. The third-order valence-electron chi connectivity index (χ3n) is 2.95. The Bertz CT molecular complexity index is 355. The van der Waals surface area contributed by atoms with Gasteiger partial charge < -0.3 is 14.8 Å². The number of rotatable bonds is 6. The van der Waals surface area contributed by atoms with Crippen molar-refractivity contribution in [3.05, 3.63) is 29.8 Å². The summed E-state index contributed by atoms with van der Waals surface area (Å²) in [6, 6.07) is 8.62. The summed E-state index contributed by atoms with van der Waals surface area (Å²) >= 11 is 1.98. The highest BCUT2D eigenvalue weighted by Gasteiger charge is 2.20. The SMILES string of the molecule is CNC(CSC1COC1)c1cccc(OC)c1. The molecule has 1 aromatic rings. The topological polar surface area (TPSA) is 30.5 Å².